The number of aromatic nitrogens is 1. The van der Waals surface area contributed by atoms with Crippen LogP contribution in [0.2, 0.25) is 0 Å². The number of pyridine rings is 1. The second-order valence-electron chi connectivity index (χ2n) is 3.80. The third-order valence-corrected chi connectivity index (χ3v) is 1.92. The summed E-state index contributed by atoms with van der Waals surface area (Å²) in [6, 6.07) is 2.00. The van der Waals surface area contributed by atoms with E-state index in [2.05, 4.69) is 24.1 Å². The molecule has 0 aromatic carbocycles. The van der Waals surface area contributed by atoms with Gasteiger partial charge in [-0.15, -0.1) is 0 Å². The molecule has 0 unspecified atom stereocenters. The summed E-state index contributed by atoms with van der Waals surface area (Å²) in [5.74, 6) is 1.42. The van der Waals surface area contributed by atoms with Crippen LogP contribution < -0.4 is 10.1 Å². The number of anilines is 1. The van der Waals surface area contributed by atoms with Gasteiger partial charge in [-0.1, -0.05) is 13.8 Å². The minimum atomic E-state index is 0.619. The smallest absolute Gasteiger partial charge is 0.160 e. The van der Waals surface area contributed by atoms with E-state index in [9.17, 15) is 0 Å². The lowest BCUT2D eigenvalue weighted by atomic mass is 10.2. The highest BCUT2D eigenvalue weighted by atomic mass is 16.5. The fourth-order valence-corrected chi connectivity index (χ4v) is 1.16. The van der Waals surface area contributed by atoms with Crippen LogP contribution in [0.1, 0.15) is 19.5 Å². The number of ether oxygens (including phenoxy) is 1. The van der Waals surface area contributed by atoms with Crippen LogP contribution in [0.5, 0.6) is 5.75 Å². The van der Waals surface area contributed by atoms with Gasteiger partial charge in [0.1, 0.15) is 0 Å². The van der Waals surface area contributed by atoms with Crippen molar-refractivity contribution in [1.29, 1.82) is 0 Å². The Bertz CT molecular complexity index is 297. The maximum atomic E-state index is 5.21. The highest BCUT2D eigenvalue weighted by Gasteiger charge is 2.03. The van der Waals surface area contributed by atoms with Gasteiger partial charge in [-0.3, -0.25) is 4.98 Å². The van der Waals surface area contributed by atoms with E-state index in [0.717, 1.165) is 23.7 Å². The summed E-state index contributed by atoms with van der Waals surface area (Å²) >= 11 is 0. The van der Waals surface area contributed by atoms with Crippen LogP contribution in [-0.2, 0) is 0 Å². The van der Waals surface area contributed by atoms with Gasteiger partial charge >= 0.3 is 0 Å². The molecule has 78 valence electrons. The third kappa shape index (κ3) is 2.91. The number of hydrogen-bond acceptors (Lipinski definition) is 3. The van der Waals surface area contributed by atoms with Crippen molar-refractivity contribution >= 4 is 5.69 Å². The van der Waals surface area contributed by atoms with Crippen molar-refractivity contribution in [3.8, 4) is 5.75 Å². The lowest BCUT2D eigenvalue weighted by Gasteiger charge is -2.12. The standard InChI is InChI=1S/C11H18N2O/c1-8(2)6-13-10-5-9(3)12-7-11(10)14-4/h5,7-8H,6H2,1-4H3,(H,12,13). The number of methoxy groups -OCH3 is 1. The quantitative estimate of drug-likeness (QED) is 0.799. The van der Waals surface area contributed by atoms with Crippen molar-refractivity contribution in [2.24, 2.45) is 5.92 Å². The molecule has 0 atom stereocenters. The zero-order valence-electron chi connectivity index (χ0n) is 9.29. The Morgan fingerprint density at radius 1 is 1.50 bits per heavy atom. The summed E-state index contributed by atoms with van der Waals surface area (Å²) in [5.41, 5.74) is 2.02. The molecule has 0 fully saturated rings. The van der Waals surface area contributed by atoms with E-state index in [0.29, 0.717) is 5.92 Å². The van der Waals surface area contributed by atoms with Gasteiger partial charge in [0.15, 0.2) is 5.75 Å². The van der Waals surface area contributed by atoms with Gasteiger partial charge < -0.3 is 10.1 Å². The Hall–Kier alpha value is -1.25. The van der Waals surface area contributed by atoms with Gasteiger partial charge in [0, 0.05) is 12.2 Å². The van der Waals surface area contributed by atoms with Crippen molar-refractivity contribution in [2.45, 2.75) is 20.8 Å². The molecule has 1 N–H and O–H groups in total. The van der Waals surface area contributed by atoms with Crippen LogP contribution in [0.15, 0.2) is 12.3 Å². The molecule has 14 heavy (non-hydrogen) atoms. The maximum Gasteiger partial charge on any atom is 0.160 e. The predicted octanol–water partition coefficient (Wildman–Crippen LogP) is 2.47. The van der Waals surface area contributed by atoms with E-state index < -0.39 is 0 Å². The molecule has 0 aliphatic rings. The summed E-state index contributed by atoms with van der Waals surface area (Å²) in [4.78, 5) is 4.17. The Balaban J connectivity index is 2.77. The fourth-order valence-electron chi connectivity index (χ4n) is 1.16. The highest BCUT2D eigenvalue weighted by Crippen LogP contribution is 2.23. The highest BCUT2D eigenvalue weighted by molar-refractivity contribution is 5.55. The zero-order valence-corrected chi connectivity index (χ0v) is 9.29. The third-order valence-electron chi connectivity index (χ3n) is 1.92. The average molecular weight is 194 g/mol. The summed E-state index contributed by atoms with van der Waals surface area (Å²) in [6.45, 7) is 7.26. The molecule has 3 nitrogen and oxygen atoms in total. The molecule has 0 bridgehead atoms. The lowest BCUT2D eigenvalue weighted by Crippen LogP contribution is -2.09. The molecule has 0 aliphatic heterocycles. The first kappa shape index (κ1) is 10.8. The van der Waals surface area contributed by atoms with E-state index in [1.807, 2.05) is 13.0 Å². The van der Waals surface area contributed by atoms with E-state index in [-0.39, 0.29) is 0 Å². The van der Waals surface area contributed by atoms with Gasteiger partial charge in [-0.25, -0.2) is 0 Å². The monoisotopic (exact) mass is 194 g/mol. The maximum absolute atomic E-state index is 5.21. The molecule has 0 aliphatic carbocycles. The van der Waals surface area contributed by atoms with Crippen LogP contribution in [0.25, 0.3) is 0 Å². The molecule has 0 spiro atoms. The Morgan fingerprint density at radius 2 is 2.21 bits per heavy atom. The van der Waals surface area contributed by atoms with E-state index in [1.54, 1.807) is 13.3 Å². The average Bonchev–Trinajstić information content (AvgIpc) is 2.15. The van der Waals surface area contributed by atoms with E-state index >= 15 is 0 Å². The molecular weight excluding hydrogens is 176 g/mol. The van der Waals surface area contributed by atoms with Crippen LogP contribution >= 0.6 is 0 Å². The predicted molar refractivity (Wildman–Crippen MR) is 58.9 cm³/mol. The van der Waals surface area contributed by atoms with Crippen LogP contribution in [-0.4, -0.2) is 18.6 Å². The number of nitrogens with one attached hydrogen (secondary N) is 1. The minimum Gasteiger partial charge on any atom is -0.493 e. The second-order valence-corrected chi connectivity index (χ2v) is 3.80. The molecule has 1 rings (SSSR count). The van der Waals surface area contributed by atoms with Crippen LogP contribution in [0, 0.1) is 12.8 Å². The number of rotatable bonds is 4. The van der Waals surface area contributed by atoms with Crippen molar-refractivity contribution in [3.05, 3.63) is 18.0 Å². The topological polar surface area (TPSA) is 34.1 Å². The molecule has 1 heterocycles. The SMILES string of the molecule is COc1cnc(C)cc1NCC(C)C. The van der Waals surface area contributed by atoms with Crippen LogP contribution in [0.3, 0.4) is 0 Å². The zero-order chi connectivity index (χ0) is 10.6. The van der Waals surface area contributed by atoms with Gasteiger partial charge in [0.25, 0.3) is 0 Å². The molecule has 3 heteroatoms. The summed E-state index contributed by atoms with van der Waals surface area (Å²) in [5, 5.41) is 3.34. The van der Waals surface area contributed by atoms with Crippen molar-refractivity contribution in [2.75, 3.05) is 19.0 Å². The fraction of sp³-hybridized carbons (Fsp3) is 0.545. The molecule has 0 saturated heterocycles. The van der Waals surface area contributed by atoms with Gasteiger partial charge in [-0.05, 0) is 18.9 Å². The molecular formula is C11H18N2O. The largest absolute Gasteiger partial charge is 0.493 e. The van der Waals surface area contributed by atoms with Gasteiger partial charge in [-0.2, -0.15) is 0 Å². The Labute approximate surface area is 85.5 Å². The molecule has 0 radical (unpaired) electrons. The molecule has 1 aromatic heterocycles. The lowest BCUT2D eigenvalue weighted by molar-refractivity contribution is 0.414. The number of aryl methyl sites for hydroxylation is 1. The minimum absolute atomic E-state index is 0.619. The first-order chi connectivity index (χ1) is 6.63. The molecule has 0 saturated carbocycles. The van der Waals surface area contributed by atoms with E-state index in [4.69, 9.17) is 4.74 Å². The van der Waals surface area contributed by atoms with E-state index in [1.165, 1.54) is 0 Å². The summed E-state index contributed by atoms with van der Waals surface area (Å²) < 4.78 is 5.21. The summed E-state index contributed by atoms with van der Waals surface area (Å²) in [7, 11) is 1.66. The number of nitrogens with zero attached hydrogens (tertiary/aromatic N) is 1. The molecule has 0 amide bonds. The Kier molecular flexibility index (Phi) is 3.74. The van der Waals surface area contributed by atoms with Crippen molar-refractivity contribution in [1.82, 2.24) is 4.98 Å². The van der Waals surface area contributed by atoms with Crippen LogP contribution in [0.4, 0.5) is 5.69 Å². The van der Waals surface area contributed by atoms with Gasteiger partial charge in [0.2, 0.25) is 0 Å². The number of hydrogen-bond donors (Lipinski definition) is 1. The summed E-state index contributed by atoms with van der Waals surface area (Å²) in [6.07, 6.45) is 1.75. The first-order valence-corrected chi connectivity index (χ1v) is 4.88. The van der Waals surface area contributed by atoms with Crippen molar-refractivity contribution in [3.63, 3.8) is 0 Å². The van der Waals surface area contributed by atoms with Gasteiger partial charge in [0.05, 0.1) is 19.0 Å². The second kappa shape index (κ2) is 4.84. The molecule has 1 aromatic rings. The first-order valence-electron chi connectivity index (χ1n) is 4.88. The van der Waals surface area contributed by atoms with Crippen molar-refractivity contribution < 1.29 is 4.74 Å². The normalized spacial score (nSPS) is 10.4. The Morgan fingerprint density at radius 3 is 2.79 bits per heavy atom.